The second kappa shape index (κ2) is 6.08. The molecule has 23 heavy (non-hydrogen) atoms. The molecule has 3 amide bonds. The number of para-hydroxylation sites is 1. The largest absolute Gasteiger partial charge is 0.333 e. The van der Waals surface area contributed by atoms with Crippen molar-refractivity contribution in [3.05, 3.63) is 71.4 Å². The van der Waals surface area contributed by atoms with Crippen LogP contribution in [0.3, 0.4) is 0 Å². The number of aryl methyl sites for hydroxylation is 1. The first-order valence-corrected chi connectivity index (χ1v) is 7.63. The minimum Gasteiger partial charge on any atom is -0.302 e. The van der Waals surface area contributed by atoms with Gasteiger partial charge in [-0.1, -0.05) is 49.4 Å². The molecule has 0 spiro atoms. The summed E-state index contributed by atoms with van der Waals surface area (Å²) in [5.41, 5.74) is 3.88. The lowest BCUT2D eigenvalue weighted by molar-refractivity contribution is -0.113. The number of urea groups is 1. The van der Waals surface area contributed by atoms with Gasteiger partial charge in [-0.25, -0.2) is 9.69 Å². The lowest BCUT2D eigenvalue weighted by Gasteiger charge is -2.13. The van der Waals surface area contributed by atoms with E-state index in [4.69, 9.17) is 0 Å². The SMILES string of the molecule is CC/C(=C1/NC(=O)N(c2ccccc2)C1=O)c1ccccc1C. The molecule has 1 fully saturated rings. The van der Waals surface area contributed by atoms with Gasteiger partial charge in [0.15, 0.2) is 0 Å². The van der Waals surface area contributed by atoms with Gasteiger partial charge in [0, 0.05) is 0 Å². The van der Waals surface area contributed by atoms with Gasteiger partial charge < -0.3 is 5.32 Å². The first-order valence-electron chi connectivity index (χ1n) is 7.63. The van der Waals surface area contributed by atoms with Crippen molar-refractivity contribution < 1.29 is 9.59 Å². The third-order valence-corrected chi connectivity index (χ3v) is 3.99. The van der Waals surface area contributed by atoms with Gasteiger partial charge in [0.05, 0.1) is 5.69 Å². The van der Waals surface area contributed by atoms with Crippen LogP contribution in [0.5, 0.6) is 0 Å². The molecule has 2 aromatic carbocycles. The second-order valence-corrected chi connectivity index (χ2v) is 5.43. The van der Waals surface area contributed by atoms with Crippen LogP contribution in [0.15, 0.2) is 60.3 Å². The Kier molecular flexibility index (Phi) is 3.98. The highest BCUT2D eigenvalue weighted by Crippen LogP contribution is 2.29. The van der Waals surface area contributed by atoms with E-state index in [2.05, 4.69) is 5.32 Å². The number of hydrogen-bond acceptors (Lipinski definition) is 2. The van der Waals surface area contributed by atoms with Crippen molar-refractivity contribution in [2.24, 2.45) is 0 Å². The van der Waals surface area contributed by atoms with E-state index in [1.165, 1.54) is 4.90 Å². The molecule has 1 heterocycles. The molecule has 0 aromatic heterocycles. The molecule has 1 aliphatic rings. The van der Waals surface area contributed by atoms with Crippen molar-refractivity contribution in [3.8, 4) is 0 Å². The number of rotatable bonds is 3. The molecule has 0 unspecified atom stereocenters. The second-order valence-electron chi connectivity index (χ2n) is 5.43. The zero-order valence-corrected chi connectivity index (χ0v) is 13.2. The summed E-state index contributed by atoms with van der Waals surface area (Å²) in [6.07, 6.45) is 0.662. The zero-order chi connectivity index (χ0) is 16.4. The molecule has 1 saturated heterocycles. The number of imide groups is 1. The normalized spacial score (nSPS) is 16.5. The topological polar surface area (TPSA) is 49.4 Å². The van der Waals surface area contributed by atoms with E-state index in [1.54, 1.807) is 24.3 Å². The number of carbonyl (C=O) groups is 2. The number of hydrogen-bond donors (Lipinski definition) is 1. The molecule has 0 radical (unpaired) electrons. The van der Waals surface area contributed by atoms with E-state index in [1.807, 2.05) is 44.2 Å². The van der Waals surface area contributed by atoms with Crippen molar-refractivity contribution >= 4 is 23.2 Å². The molecule has 0 atom stereocenters. The summed E-state index contributed by atoms with van der Waals surface area (Å²) in [5.74, 6) is -0.304. The lowest BCUT2D eigenvalue weighted by Crippen LogP contribution is -2.30. The van der Waals surface area contributed by atoms with Crippen LogP contribution in [0.4, 0.5) is 10.5 Å². The van der Waals surface area contributed by atoms with Crippen LogP contribution in [0, 0.1) is 6.92 Å². The summed E-state index contributed by atoms with van der Waals surface area (Å²) >= 11 is 0. The van der Waals surface area contributed by atoms with Gasteiger partial charge in [0.25, 0.3) is 5.91 Å². The van der Waals surface area contributed by atoms with Crippen LogP contribution in [0.1, 0.15) is 24.5 Å². The molecular weight excluding hydrogens is 288 g/mol. The van der Waals surface area contributed by atoms with E-state index in [0.717, 1.165) is 16.7 Å². The Balaban J connectivity index is 2.08. The van der Waals surface area contributed by atoms with Crippen molar-refractivity contribution in [3.63, 3.8) is 0 Å². The minimum absolute atomic E-state index is 0.304. The molecule has 3 rings (SSSR count). The van der Waals surface area contributed by atoms with Crippen LogP contribution < -0.4 is 10.2 Å². The minimum atomic E-state index is -0.407. The Hall–Kier alpha value is -2.88. The van der Waals surface area contributed by atoms with E-state index in [-0.39, 0.29) is 5.91 Å². The van der Waals surface area contributed by atoms with Crippen LogP contribution >= 0.6 is 0 Å². The molecular formula is C19H18N2O2. The molecule has 0 aliphatic carbocycles. The van der Waals surface area contributed by atoms with Crippen molar-refractivity contribution in [2.45, 2.75) is 20.3 Å². The quantitative estimate of drug-likeness (QED) is 0.691. The monoisotopic (exact) mass is 306 g/mol. The average Bonchev–Trinajstić information content (AvgIpc) is 2.85. The Morgan fingerprint density at radius 3 is 2.30 bits per heavy atom. The number of carbonyl (C=O) groups excluding carboxylic acids is 2. The van der Waals surface area contributed by atoms with E-state index in [9.17, 15) is 9.59 Å². The van der Waals surface area contributed by atoms with E-state index in [0.29, 0.717) is 17.8 Å². The van der Waals surface area contributed by atoms with Crippen LogP contribution in [-0.2, 0) is 4.79 Å². The maximum atomic E-state index is 12.8. The maximum absolute atomic E-state index is 12.8. The maximum Gasteiger partial charge on any atom is 0.333 e. The molecule has 0 saturated carbocycles. The standard InChI is InChI=1S/C19H18N2O2/c1-3-15(16-12-8-7-9-13(16)2)17-18(22)21(19(23)20-17)14-10-5-4-6-11-14/h4-12H,3H2,1-2H3,(H,20,23)/b17-15-. The summed E-state index contributed by atoms with van der Waals surface area (Å²) in [4.78, 5) is 26.3. The summed E-state index contributed by atoms with van der Waals surface area (Å²) < 4.78 is 0. The van der Waals surface area contributed by atoms with Crippen LogP contribution in [0.25, 0.3) is 5.57 Å². The van der Waals surface area contributed by atoms with E-state index < -0.39 is 6.03 Å². The third-order valence-electron chi connectivity index (χ3n) is 3.99. The summed E-state index contributed by atoms with van der Waals surface area (Å²) in [7, 11) is 0. The molecule has 1 aliphatic heterocycles. The third kappa shape index (κ3) is 2.63. The Morgan fingerprint density at radius 1 is 1.00 bits per heavy atom. The number of allylic oxidation sites excluding steroid dienone is 1. The zero-order valence-electron chi connectivity index (χ0n) is 13.2. The molecule has 0 bridgehead atoms. The predicted octanol–water partition coefficient (Wildman–Crippen LogP) is 3.87. The Bertz CT molecular complexity index is 794. The highest BCUT2D eigenvalue weighted by atomic mass is 16.2. The van der Waals surface area contributed by atoms with Gasteiger partial charge >= 0.3 is 6.03 Å². The molecule has 116 valence electrons. The summed E-state index contributed by atoms with van der Waals surface area (Å²) in [6, 6.07) is 16.4. The smallest absolute Gasteiger partial charge is 0.302 e. The molecule has 2 aromatic rings. The fourth-order valence-electron chi connectivity index (χ4n) is 2.85. The first kappa shape index (κ1) is 15.0. The number of amides is 3. The summed E-state index contributed by atoms with van der Waals surface area (Å²) in [5, 5.41) is 2.75. The van der Waals surface area contributed by atoms with Crippen molar-refractivity contribution in [1.82, 2.24) is 5.32 Å². The van der Waals surface area contributed by atoms with Gasteiger partial charge in [-0.2, -0.15) is 0 Å². The number of nitrogens with one attached hydrogen (secondary N) is 1. The van der Waals surface area contributed by atoms with Crippen LogP contribution in [-0.4, -0.2) is 11.9 Å². The molecule has 4 heteroatoms. The molecule has 4 nitrogen and oxygen atoms in total. The van der Waals surface area contributed by atoms with Crippen LogP contribution in [0.2, 0.25) is 0 Å². The van der Waals surface area contributed by atoms with Gasteiger partial charge in [0.1, 0.15) is 5.70 Å². The fourth-order valence-corrected chi connectivity index (χ4v) is 2.85. The Labute approximate surface area is 135 Å². The average molecular weight is 306 g/mol. The predicted molar refractivity (Wildman–Crippen MR) is 90.8 cm³/mol. The van der Waals surface area contributed by atoms with Gasteiger partial charge in [0.2, 0.25) is 0 Å². The fraction of sp³-hybridized carbons (Fsp3) is 0.158. The first-order chi connectivity index (χ1) is 11.1. The van der Waals surface area contributed by atoms with Crippen molar-refractivity contribution in [1.29, 1.82) is 0 Å². The van der Waals surface area contributed by atoms with E-state index >= 15 is 0 Å². The van der Waals surface area contributed by atoms with Crippen molar-refractivity contribution in [2.75, 3.05) is 4.90 Å². The van der Waals surface area contributed by atoms with Gasteiger partial charge in [-0.15, -0.1) is 0 Å². The Morgan fingerprint density at radius 2 is 1.65 bits per heavy atom. The molecule has 1 N–H and O–H groups in total. The summed E-state index contributed by atoms with van der Waals surface area (Å²) in [6.45, 7) is 3.99. The highest BCUT2D eigenvalue weighted by Gasteiger charge is 2.36. The number of nitrogens with zero attached hydrogens (tertiary/aromatic N) is 1. The van der Waals surface area contributed by atoms with Gasteiger partial charge in [-0.3, -0.25) is 4.79 Å². The number of anilines is 1. The highest BCUT2D eigenvalue weighted by molar-refractivity contribution is 6.29. The van der Waals surface area contributed by atoms with Gasteiger partial charge in [-0.05, 0) is 42.2 Å². The number of benzene rings is 2. The lowest BCUT2D eigenvalue weighted by atomic mass is 9.96.